The Labute approximate surface area is 68.3 Å². The van der Waals surface area contributed by atoms with Gasteiger partial charge in [-0.15, -0.1) is 0 Å². The summed E-state index contributed by atoms with van der Waals surface area (Å²) in [7, 11) is 0. The van der Waals surface area contributed by atoms with E-state index >= 15 is 0 Å². The predicted molar refractivity (Wildman–Crippen MR) is 48.3 cm³/mol. The summed E-state index contributed by atoms with van der Waals surface area (Å²) in [6.07, 6.45) is 12.6. The minimum absolute atomic E-state index is 0.399. The van der Waals surface area contributed by atoms with E-state index in [9.17, 15) is 0 Å². The largest absolute Gasteiger partial charge is 0.0785 e. The zero-order chi connectivity index (χ0) is 7.90. The molecule has 2 aliphatic carbocycles. The van der Waals surface area contributed by atoms with Crippen molar-refractivity contribution in [3.05, 3.63) is 36.0 Å². The summed E-state index contributed by atoms with van der Waals surface area (Å²) >= 11 is 0. The van der Waals surface area contributed by atoms with Crippen LogP contribution in [-0.2, 0) is 0 Å². The Kier molecular flexibility index (Phi) is 1.32. The van der Waals surface area contributed by atoms with Gasteiger partial charge in [0.2, 0.25) is 0 Å². The maximum absolute atomic E-state index is 2.32. The molecule has 1 atom stereocenters. The van der Waals surface area contributed by atoms with Gasteiger partial charge in [-0.1, -0.05) is 44.2 Å². The molecule has 0 heteroatoms. The third kappa shape index (κ3) is 1.18. The lowest BCUT2D eigenvalue weighted by Crippen LogP contribution is -2.17. The first-order valence-electron chi connectivity index (χ1n) is 4.25. The van der Waals surface area contributed by atoms with Crippen LogP contribution in [0.5, 0.6) is 0 Å². The van der Waals surface area contributed by atoms with Gasteiger partial charge in [-0.3, -0.25) is 0 Å². The lowest BCUT2D eigenvalue weighted by Gasteiger charge is -2.29. The molecule has 0 aromatic carbocycles. The quantitative estimate of drug-likeness (QED) is 0.492. The van der Waals surface area contributed by atoms with Gasteiger partial charge in [-0.25, -0.2) is 0 Å². The van der Waals surface area contributed by atoms with E-state index in [0.29, 0.717) is 11.3 Å². The normalized spacial score (nSPS) is 31.8. The smallest absolute Gasteiger partial charge is 0.00290 e. The highest BCUT2D eigenvalue weighted by Crippen LogP contribution is 2.38. The molecule has 1 unspecified atom stereocenters. The molecule has 0 aromatic rings. The number of hydrogen-bond acceptors (Lipinski definition) is 0. The van der Waals surface area contributed by atoms with Crippen LogP contribution in [0.4, 0.5) is 0 Å². The lowest BCUT2D eigenvalue weighted by atomic mass is 9.76. The van der Waals surface area contributed by atoms with E-state index in [2.05, 4.69) is 44.2 Å². The Balaban J connectivity index is 2.30. The number of hydrogen-bond donors (Lipinski definition) is 0. The first-order valence-corrected chi connectivity index (χ1v) is 4.25. The maximum atomic E-state index is 2.32. The summed E-state index contributed by atoms with van der Waals surface area (Å²) in [5, 5.41) is 0. The van der Waals surface area contributed by atoms with Crippen molar-refractivity contribution >= 4 is 0 Å². The van der Waals surface area contributed by atoms with E-state index in [1.165, 1.54) is 12.0 Å². The van der Waals surface area contributed by atoms with E-state index in [4.69, 9.17) is 0 Å². The third-order valence-electron chi connectivity index (χ3n) is 2.53. The molecule has 2 rings (SSSR count). The molecule has 0 aromatic heterocycles. The van der Waals surface area contributed by atoms with Gasteiger partial charge in [0, 0.05) is 5.92 Å². The highest BCUT2D eigenvalue weighted by molar-refractivity contribution is 5.38. The second-order valence-electron chi connectivity index (χ2n) is 4.18. The summed E-state index contributed by atoms with van der Waals surface area (Å²) in [4.78, 5) is 0. The molecule has 0 spiro atoms. The van der Waals surface area contributed by atoms with Gasteiger partial charge < -0.3 is 0 Å². The molecular formula is C11H14. The van der Waals surface area contributed by atoms with Crippen molar-refractivity contribution in [2.75, 3.05) is 0 Å². The molecule has 58 valence electrons. The van der Waals surface area contributed by atoms with Crippen molar-refractivity contribution in [3.8, 4) is 0 Å². The minimum atomic E-state index is 0.399. The molecular weight excluding hydrogens is 132 g/mol. The Hall–Kier alpha value is -0.780. The highest BCUT2D eigenvalue weighted by atomic mass is 14.3. The second kappa shape index (κ2) is 2.10. The molecule has 0 nitrogen and oxygen atoms in total. The fraction of sp³-hybridized carbons (Fsp3) is 0.455. The predicted octanol–water partition coefficient (Wildman–Crippen LogP) is 3.08. The van der Waals surface area contributed by atoms with Crippen LogP contribution in [0.1, 0.15) is 20.3 Å². The summed E-state index contributed by atoms with van der Waals surface area (Å²) < 4.78 is 0. The summed E-state index contributed by atoms with van der Waals surface area (Å²) in [5.74, 6) is 0.704. The van der Waals surface area contributed by atoms with Crippen LogP contribution < -0.4 is 0 Å². The molecule has 0 saturated carbocycles. The van der Waals surface area contributed by atoms with Gasteiger partial charge in [-0.05, 0) is 17.4 Å². The highest BCUT2D eigenvalue weighted by Gasteiger charge is 2.26. The van der Waals surface area contributed by atoms with E-state index in [-0.39, 0.29) is 0 Å². The molecule has 2 aliphatic rings. The summed E-state index contributed by atoms with van der Waals surface area (Å²) in [6.45, 7) is 4.60. The van der Waals surface area contributed by atoms with Crippen molar-refractivity contribution in [3.63, 3.8) is 0 Å². The van der Waals surface area contributed by atoms with E-state index in [1.54, 1.807) is 0 Å². The van der Waals surface area contributed by atoms with Gasteiger partial charge in [0.05, 0.1) is 0 Å². The first-order chi connectivity index (χ1) is 5.17. The first kappa shape index (κ1) is 6.90. The Morgan fingerprint density at radius 1 is 1.45 bits per heavy atom. The lowest BCUT2D eigenvalue weighted by molar-refractivity contribution is 0.388. The molecule has 0 bridgehead atoms. The van der Waals surface area contributed by atoms with Crippen LogP contribution in [0, 0.1) is 11.3 Å². The monoisotopic (exact) mass is 146 g/mol. The molecule has 0 heterocycles. The molecule has 0 saturated heterocycles. The van der Waals surface area contributed by atoms with Gasteiger partial charge in [-0.2, -0.15) is 0 Å². The molecule has 0 amide bonds. The molecule has 0 N–H and O–H groups in total. The Bertz CT molecular complexity index is 251. The van der Waals surface area contributed by atoms with Crippen LogP contribution in [0.25, 0.3) is 0 Å². The van der Waals surface area contributed by atoms with Gasteiger partial charge in [0.1, 0.15) is 0 Å². The average Bonchev–Trinajstić information content (AvgIpc) is 2.31. The average molecular weight is 146 g/mol. The van der Waals surface area contributed by atoms with Gasteiger partial charge in [0.25, 0.3) is 0 Å². The minimum Gasteiger partial charge on any atom is -0.0785 e. The molecule has 11 heavy (non-hydrogen) atoms. The standard InChI is InChI=1S/C11H14/c1-11(2)7-6-9-4-3-5-10(9)8-11/h3-7,10H,8H2,1-2H3. The van der Waals surface area contributed by atoms with Crippen LogP contribution >= 0.6 is 0 Å². The Morgan fingerprint density at radius 3 is 3.09 bits per heavy atom. The third-order valence-corrected chi connectivity index (χ3v) is 2.53. The Morgan fingerprint density at radius 2 is 2.27 bits per heavy atom. The van der Waals surface area contributed by atoms with Crippen LogP contribution in [-0.4, -0.2) is 0 Å². The SMILES string of the molecule is CC1(C)C=CC2=CC=CC2C1. The van der Waals surface area contributed by atoms with E-state index < -0.39 is 0 Å². The zero-order valence-corrected chi connectivity index (χ0v) is 7.17. The van der Waals surface area contributed by atoms with Crippen molar-refractivity contribution in [1.29, 1.82) is 0 Å². The van der Waals surface area contributed by atoms with Crippen LogP contribution in [0.15, 0.2) is 36.0 Å². The van der Waals surface area contributed by atoms with Crippen LogP contribution in [0.3, 0.4) is 0 Å². The topological polar surface area (TPSA) is 0 Å². The number of rotatable bonds is 0. The fourth-order valence-corrected chi connectivity index (χ4v) is 1.86. The van der Waals surface area contributed by atoms with Gasteiger partial charge >= 0.3 is 0 Å². The fourth-order valence-electron chi connectivity index (χ4n) is 1.86. The second-order valence-corrected chi connectivity index (χ2v) is 4.18. The van der Waals surface area contributed by atoms with Crippen molar-refractivity contribution in [2.45, 2.75) is 20.3 Å². The zero-order valence-electron chi connectivity index (χ0n) is 7.17. The van der Waals surface area contributed by atoms with E-state index in [1.807, 2.05) is 0 Å². The van der Waals surface area contributed by atoms with Gasteiger partial charge in [0.15, 0.2) is 0 Å². The molecule has 0 fully saturated rings. The maximum Gasteiger partial charge on any atom is 0.00290 e. The summed E-state index contributed by atoms with van der Waals surface area (Å²) in [5.41, 5.74) is 1.89. The van der Waals surface area contributed by atoms with Crippen molar-refractivity contribution in [1.82, 2.24) is 0 Å². The van der Waals surface area contributed by atoms with Crippen LogP contribution in [0.2, 0.25) is 0 Å². The van der Waals surface area contributed by atoms with E-state index in [0.717, 1.165) is 0 Å². The number of fused-ring (bicyclic) bond motifs is 1. The molecule has 0 radical (unpaired) electrons. The number of allylic oxidation sites excluding steroid dienone is 6. The van der Waals surface area contributed by atoms with Crippen molar-refractivity contribution in [2.24, 2.45) is 11.3 Å². The van der Waals surface area contributed by atoms with Crippen molar-refractivity contribution < 1.29 is 0 Å². The summed E-state index contributed by atoms with van der Waals surface area (Å²) in [6, 6.07) is 0. The molecule has 0 aliphatic heterocycles.